The van der Waals surface area contributed by atoms with E-state index < -0.39 is 53.6 Å². The fourth-order valence-corrected chi connectivity index (χ4v) is 5.89. The van der Waals surface area contributed by atoms with Crippen LogP contribution in [0.4, 0.5) is 13.2 Å². The number of aliphatic carboxylic acids is 1. The number of hydrogen-bond donors (Lipinski definition) is 1. The minimum absolute atomic E-state index is 0.0732. The number of rotatable bonds is 7. The number of aromatic nitrogens is 1. The molecule has 2 aromatic carbocycles. The van der Waals surface area contributed by atoms with Crippen LogP contribution in [-0.4, -0.2) is 26.9 Å². The van der Waals surface area contributed by atoms with E-state index in [1.807, 2.05) is 6.07 Å². The van der Waals surface area contributed by atoms with E-state index in [0.717, 1.165) is 11.6 Å². The number of benzene rings is 2. The smallest absolute Gasteiger partial charge is 0.433 e. The van der Waals surface area contributed by atoms with Crippen LogP contribution in [0.15, 0.2) is 66.7 Å². The summed E-state index contributed by atoms with van der Waals surface area (Å²) in [5, 5.41) is 10.7. The number of carbonyl (C=O) groups excluding carboxylic acids is 1. The Balaban J connectivity index is 1.97. The van der Waals surface area contributed by atoms with Gasteiger partial charge in [0.2, 0.25) is 5.91 Å². The number of amides is 1. The number of likely N-dealkylation sites (tertiary alicyclic amines) is 1. The summed E-state index contributed by atoms with van der Waals surface area (Å²) in [6.07, 6.45) is -4.68. The molecule has 0 aliphatic carbocycles. The van der Waals surface area contributed by atoms with Gasteiger partial charge in [0.05, 0.1) is 29.6 Å². The summed E-state index contributed by atoms with van der Waals surface area (Å²) in [5.41, 5.74) is -0.838. The quantitative estimate of drug-likeness (QED) is 0.307. The van der Waals surface area contributed by atoms with Crippen molar-refractivity contribution in [1.82, 2.24) is 9.88 Å². The Bertz CT molecular complexity index is 1370. The fourth-order valence-electron chi connectivity index (χ4n) is 5.57. The Morgan fingerprint density at radius 1 is 1.08 bits per heavy atom. The number of carboxylic acids is 1. The van der Waals surface area contributed by atoms with Gasteiger partial charge in [-0.05, 0) is 60.4 Å². The topological polar surface area (TPSA) is 70.5 Å². The number of nitrogens with zero attached hydrogens (tertiary/aromatic N) is 2. The van der Waals surface area contributed by atoms with E-state index in [1.54, 1.807) is 56.3 Å². The summed E-state index contributed by atoms with van der Waals surface area (Å²) in [4.78, 5) is 31.7. The third kappa shape index (κ3) is 6.07. The van der Waals surface area contributed by atoms with Crippen LogP contribution in [-0.2, 0) is 15.8 Å². The van der Waals surface area contributed by atoms with E-state index in [1.165, 1.54) is 17.0 Å². The van der Waals surface area contributed by atoms with Gasteiger partial charge in [0, 0.05) is 16.0 Å². The molecule has 206 valence electrons. The Morgan fingerprint density at radius 2 is 1.74 bits per heavy atom. The third-order valence-corrected chi connectivity index (χ3v) is 7.74. The van der Waals surface area contributed by atoms with Gasteiger partial charge in [0.25, 0.3) is 0 Å². The zero-order chi connectivity index (χ0) is 28.5. The highest BCUT2D eigenvalue weighted by atomic mass is 35.5. The molecule has 1 aromatic heterocycles. The first-order valence-electron chi connectivity index (χ1n) is 12.4. The second kappa shape index (κ2) is 11.2. The number of alkyl halides is 3. The minimum Gasteiger partial charge on any atom is -0.481 e. The molecule has 1 saturated heterocycles. The van der Waals surface area contributed by atoms with Gasteiger partial charge in [-0.15, -0.1) is 0 Å². The van der Waals surface area contributed by atoms with Crippen LogP contribution in [0, 0.1) is 5.41 Å². The summed E-state index contributed by atoms with van der Waals surface area (Å²) in [5.74, 6) is -2.04. The third-order valence-electron chi connectivity index (χ3n) is 7.26. The molecule has 1 amide bonds. The average molecular weight is 579 g/mol. The predicted octanol–water partition coefficient (Wildman–Crippen LogP) is 8.10. The lowest BCUT2D eigenvalue weighted by Crippen LogP contribution is -2.53. The molecule has 1 fully saturated rings. The number of halogens is 5. The maximum absolute atomic E-state index is 14.3. The van der Waals surface area contributed by atoms with Crippen molar-refractivity contribution in [3.63, 3.8) is 0 Å². The molecule has 0 bridgehead atoms. The summed E-state index contributed by atoms with van der Waals surface area (Å²) in [6, 6.07) is 16.1. The highest BCUT2D eigenvalue weighted by Crippen LogP contribution is 2.54. The van der Waals surface area contributed by atoms with Crippen molar-refractivity contribution in [3.05, 3.63) is 99.3 Å². The lowest BCUT2D eigenvalue weighted by Gasteiger charge is -2.51. The Hall–Kier alpha value is -3.10. The first-order valence-corrected chi connectivity index (χ1v) is 13.2. The molecule has 3 aromatic rings. The van der Waals surface area contributed by atoms with Crippen LogP contribution in [0.25, 0.3) is 0 Å². The van der Waals surface area contributed by atoms with Crippen molar-refractivity contribution in [3.8, 4) is 0 Å². The maximum atomic E-state index is 14.3. The van der Waals surface area contributed by atoms with Gasteiger partial charge in [-0.1, -0.05) is 67.4 Å². The standard InChI is InChI=1S/C29H27Cl2F3N2O3/c1-3-23(22-8-5-9-24(35-22)29(32,33)34)36-26(17-10-12-19(30)13-11-17)21(18-6-4-7-20(31)14-18)15-28(2,27(36)39)16-25(37)38/h4-14,21,23,26H,3,15-16H2,1-2H3,(H,37,38)/t21-,23+,26-,28-/m1/s1. The van der Waals surface area contributed by atoms with Crippen molar-refractivity contribution in [2.24, 2.45) is 5.41 Å². The van der Waals surface area contributed by atoms with Gasteiger partial charge in [0.15, 0.2) is 0 Å². The highest BCUT2D eigenvalue weighted by Gasteiger charge is 2.52. The van der Waals surface area contributed by atoms with Gasteiger partial charge < -0.3 is 10.0 Å². The van der Waals surface area contributed by atoms with Crippen LogP contribution in [0.1, 0.15) is 73.6 Å². The fraction of sp³-hybridized carbons (Fsp3) is 0.345. The van der Waals surface area contributed by atoms with Crippen LogP contribution >= 0.6 is 23.2 Å². The molecule has 10 heteroatoms. The first-order chi connectivity index (χ1) is 18.3. The molecule has 0 spiro atoms. The highest BCUT2D eigenvalue weighted by molar-refractivity contribution is 6.30. The SMILES string of the molecule is CC[C@@H](c1cccc(C(F)(F)F)n1)N1C(=O)[C@@](C)(CC(=O)O)C[C@H](c2cccc(Cl)c2)[C@H]1c1ccc(Cl)cc1. The molecular weight excluding hydrogens is 552 g/mol. The first kappa shape index (κ1) is 28.9. The number of piperidine rings is 1. The Morgan fingerprint density at radius 3 is 2.33 bits per heavy atom. The van der Waals surface area contributed by atoms with E-state index in [2.05, 4.69) is 4.98 Å². The monoisotopic (exact) mass is 578 g/mol. The molecule has 39 heavy (non-hydrogen) atoms. The maximum Gasteiger partial charge on any atom is 0.433 e. The largest absolute Gasteiger partial charge is 0.481 e. The summed E-state index contributed by atoms with van der Waals surface area (Å²) < 4.78 is 40.8. The average Bonchev–Trinajstić information content (AvgIpc) is 2.87. The second-order valence-electron chi connectivity index (χ2n) is 10.1. The molecule has 1 aliphatic heterocycles. The van der Waals surface area contributed by atoms with E-state index in [-0.39, 0.29) is 18.5 Å². The van der Waals surface area contributed by atoms with Crippen molar-refractivity contribution in [1.29, 1.82) is 0 Å². The van der Waals surface area contributed by atoms with Crippen molar-refractivity contribution in [2.75, 3.05) is 0 Å². The Labute approximate surface area is 234 Å². The lowest BCUT2D eigenvalue weighted by atomic mass is 9.67. The minimum atomic E-state index is -4.67. The van der Waals surface area contributed by atoms with Crippen molar-refractivity contribution < 1.29 is 27.9 Å². The number of carboxylic acid groups (broad SMARTS) is 1. The van der Waals surface area contributed by atoms with Crippen LogP contribution < -0.4 is 0 Å². The lowest BCUT2D eigenvalue weighted by molar-refractivity contribution is -0.161. The van der Waals surface area contributed by atoms with E-state index in [9.17, 15) is 27.9 Å². The van der Waals surface area contributed by atoms with Crippen LogP contribution in [0.5, 0.6) is 0 Å². The molecule has 0 unspecified atom stereocenters. The van der Waals surface area contributed by atoms with E-state index >= 15 is 0 Å². The van der Waals surface area contributed by atoms with Crippen molar-refractivity contribution >= 4 is 35.1 Å². The molecule has 1 N–H and O–H groups in total. The zero-order valence-electron chi connectivity index (χ0n) is 21.3. The molecular formula is C29H27Cl2F3N2O3. The molecule has 4 atom stereocenters. The predicted molar refractivity (Wildman–Crippen MR) is 142 cm³/mol. The van der Waals surface area contributed by atoms with Gasteiger partial charge >= 0.3 is 12.1 Å². The molecule has 5 nitrogen and oxygen atoms in total. The van der Waals surface area contributed by atoms with Gasteiger partial charge in [-0.2, -0.15) is 13.2 Å². The van der Waals surface area contributed by atoms with Gasteiger partial charge in [0.1, 0.15) is 5.69 Å². The molecule has 1 aliphatic rings. The molecule has 0 radical (unpaired) electrons. The van der Waals surface area contributed by atoms with E-state index in [4.69, 9.17) is 23.2 Å². The molecule has 0 saturated carbocycles. The molecule has 4 rings (SSSR count). The number of carbonyl (C=O) groups is 2. The van der Waals surface area contributed by atoms with Crippen LogP contribution in [0.3, 0.4) is 0 Å². The Kier molecular flexibility index (Phi) is 8.28. The summed E-state index contributed by atoms with van der Waals surface area (Å²) in [6.45, 7) is 3.36. The van der Waals surface area contributed by atoms with Gasteiger partial charge in [-0.3, -0.25) is 9.59 Å². The second-order valence-corrected chi connectivity index (χ2v) is 10.9. The van der Waals surface area contributed by atoms with E-state index in [0.29, 0.717) is 15.6 Å². The number of hydrogen-bond acceptors (Lipinski definition) is 3. The van der Waals surface area contributed by atoms with Crippen molar-refractivity contribution in [2.45, 2.75) is 57.3 Å². The summed E-state index contributed by atoms with van der Waals surface area (Å²) >= 11 is 12.5. The van der Waals surface area contributed by atoms with Gasteiger partial charge in [-0.25, -0.2) is 4.98 Å². The zero-order valence-corrected chi connectivity index (χ0v) is 22.8. The number of pyridine rings is 1. The summed E-state index contributed by atoms with van der Waals surface area (Å²) in [7, 11) is 0. The normalized spacial score (nSPS) is 22.5. The molecule has 2 heterocycles. The van der Waals surface area contributed by atoms with Crippen LogP contribution in [0.2, 0.25) is 10.0 Å².